The maximum atomic E-state index is 12.9. The second-order valence-electron chi connectivity index (χ2n) is 2.58. The van der Waals surface area contributed by atoms with Crippen LogP contribution in [0.3, 0.4) is 0 Å². The van der Waals surface area contributed by atoms with E-state index in [-0.39, 0.29) is 5.02 Å². The molecule has 0 aliphatic heterocycles. The van der Waals surface area contributed by atoms with Crippen LogP contribution in [0.25, 0.3) is 11.0 Å². The van der Waals surface area contributed by atoms with Crippen molar-refractivity contribution in [1.29, 1.82) is 0 Å². The van der Waals surface area contributed by atoms with Crippen LogP contribution in [0.5, 0.6) is 0 Å². The number of imidazole rings is 1. The Morgan fingerprint density at radius 3 is 3.00 bits per heavy atom. The lowest BCUT2D eigenvalue weighted by Crippen LogP contribution is -1.86. The van der Waals surface area contributed by atoms with Crippen molar-refractivity contribution in [2.24, 2.45) is 7.05 Å². The maximum absolute atomic E-state index is 12.9. The summed E-state index contributed by atoms with van der Waals surface area (Å²) in [5, 5.41) is 0.132. The molecule has 0 saturated heterocycles. The highest BCUT2D eigenvalue weighted by Crippen LogP contribution is 2.24. The number of fused-ring (bicyclic) bond motifs is 1. The number of halogens is 2. The molecule has 0 unspecified atom stereocenters. The second kappa shape index (κ2) is 2.45. The Bertz CT molecular complexity index is 436. The van der Waals surface area contributed by atoms with Gasteiger partial charge in [-0.05, 0) is 12.1 Å². The molecule has 0 N–H and O–H groups in total. The number of aromatic nitrogens is 2. The van der Waals surface area contributed by atoms with Crippen molar-refractivity contribution in [3.8, 4) is 0 Å². The summed E-state index contributed by atoms with van der Waals surface area (Å²) < 4.78 is 14.6. The fraction of sp³-hybridized carbons (Fsp3) is 0.125. The van der Waals surface area contributed by atoms with Gasteiger partial charge in [-0.2, -0.15) is 0 Å². The van der Waals surface area contributed by atoms with E-state index in [1.807, 2.05) is 0 Å². The van der Waals surface area contributed by atoms with Crippen LogP contribution in [0, 0.1) is 5.82 Å². The van der Waals surface area contributed by atoms with Crippen molar-refractivity contribution in [2.75, 3.05) is 0 Å². The van der Waals surface area contributed by atoms with Crippen LogP contribution in [0.4, 0.5) is 4.39 Å². The largest absolute Gasteiger partial charge is 0.332 e. The van der Waals surface area contributed by atoms with Crippen LogP contribution < -0.4 is 0 Å². The van der Waals surface area contributed by atoms with Gasteiger partial charge in [0.2, 0.25) is 0 Å². The SMILES string of the molecule is Cn1cnc2ccc(F)c(Cl)c21. The minimum absolute atomic E-state index is 0.132. The zero-order valence-electron chi connectivity index (χ0n) is 6.38. The Morgan fingerprint density at radius 2 is 2.25 bits per heavy atom. The number of hydrogen-bond donors (Lipinski definition) is 0. The van der Waals surface area contributed by atoms with Crippen molar-refractivity contribution in [1.82, 2.24) is 9.55 Å². The lowest BCUT2D eigenvalue weighted by molar-refractivity contribution is 0.629. The molecule has 0 bridgehead atoms. The molecule has 0 fully saturated rings. The second-order valence-corrected chi connectivity index (χ2v) is 2.96. The fourth-order valence-corrected chi connectivity index (χ4v) is 1.47. The third-order valence-electron chi connectivity index (χ3n) is 1.77. The molecule has 0 aliphatic carbocycles. The smallest absolute Gasteiger partial charge is 0.144 e. The maximum Gasteiger partial charge on any atom is 0.144 e. The monoisotopic (exact) mass is 184 g/mol. The molecule has 1 heterocycles. The highest BCUT2D eigenvalue weighted by atomic mass is 35.5. The summed E-state index contributed by atoms with van der Waals surface area (Å²) in [7, 11) is 1.78. The first-order chi connectivity index (χ1) is 5.70. The van der Waals surface area contributed by atoms with E-state index in [4.69, 9.17) is 11.6 Å². The topological polar surface area (TPSA) is 17.8 Å². The van der Waals surface area contributed by atoms with E-state index in [0.29, 0.717) is 11.0 Å². The number of nitrogens with zero attached hydrogens (tertiary/aromatic N) is 2. The lowest BCUT2D eigenvalue weighted by Gasteiger charge is -1.97. The van der Waals surface area contributed by atoms with E-state index < -0.39 is 5.82 Å². The molecule has 1 aromatic carbocycles. The molecule has 4 heteroatoms. The van der Waals surface area contributed by atoms with E-state index in [1.165, 1.54) is 6.07 Å². The van der Waals surface area contributed by atoms with Gasteiger partial charge in [0.25, 0.3) is 0 Å². The van der Waals surface area contributed by atoms with Crippen LogP contribution in [-0.4, -0.2) is 9.55 Å². The van der Waals surface area contributed by atoms with Crippen LogP contribution in [0.15, 0.2) is 18.5 Å². The van der Waals surface area contributed by atoms with Crippen molar-refractivity contribution < 1.29 is 4.39 Å². The Kier molecular flexibility index (Phi) is 1.54. The molecule has 62 valence electrons. The van der Waals surface area contributed by atoms with Crippen LogP contribution >= 0.6 is 11.6 Å². The molecule has 0 radical (unpaired) electrons. The minimum atomic E-state index is -0.409. The van der Waals surface area contributed by atoms with Gasteiger partial charge in [0.05, 0.1) is 17.4 Å². The number of rotatable bonds is 0. The van der Waals surface area contributed by atoms with Gasteiger partial charge >= 0.3 is 0 Å². The molecule has 2 rings (SSSR count). The van der Waals surface area contributed by atoms with Crippen LogP contribution in [0.1, 0.15) is 0 Å². The normalized spacial score (nSPS) is 10.9. The first-order valence-electron chi connectivity index (χ1n) is 3.45. The first kappa shape index (κ1) is 7.55. The Labute approximate surface area is 73.6 Å². The van der Waals surface area contributed by atoms with Crippen LogP contribution in [0.2, 0.25) is 5.02 Å². The first-order valence-corrected chi connectivity index (χ1v) is 3.83. The number of hydrogen-bond acceptors (Lipinski definition) is 1. The highest BCUT2D eigenvalue weighted by Gasteiger charge is 2.08. The van der Waals surface area contributed by atoms with Crippen molar-refractivity contribution in [3.63, 3.8) is 0 Å². The molecule has 1 aromatic heterocycles. The summed E-state index contributed by atoms with van der Waals surface area (Å²) in [6.07, 6.45) is 1.61. The summed E-state index contributed by atoms with van der Waals surface area (Å²) in [6, 6.07) is 2.92. The summed E-state index contributed by atoms with van der Waals surface area (Å²) in [5.41, 5.74) is 1.35. The summed E-state index contributed by atoms with van der Waals surface area (Å²) in [4.78, 5) is 4.03. The van der Waals surface area contributed by atoms with Gasteiger partial charge in [-0.15, -0.1) is 0 Å². The van der Waals surface area contributed by atoms with Gasteiger partial charge in [0.1, 0.15) is 10.8 Å². The van der Waals surface area contributed by atoms with E-state index in [0.717, 1.165) is 0 Å². The molecule has 0 atom stereocenters. The third-order valence-corrected chi connectivity index (χ3v) is 2.13. The van der Waals surface area contributed by atoms with E-state index in [2.05, 4.69) is 4.98 Å². The summed E-state index contributed by atoms with van der Waals surface area (Å²) in [5.74, 6) is -0.409. The van der Waals surface area contributed by atoms with E-state index in [9.17, 15) is 4.39 Å². The molecular weight excluding hydrogens is 179 g/mol. The Hall–Kier alpha value is -1.09. The average Bonchev–Trinajstić information content (AvgIpc) is 2.41. The summed E-state index contributed by atoms with van der Waals surface area (Å²) >= 11 is 5.74. The van der Waals surface area contributed by atoms with Gasteiger partial charge in [-0.25, -0.2) is 9.37 Å². The predicted molar refractivity (Wildman–Crippen MR) is 45.7 cm³/mol. The van der Waals surface area contributed by atoms with Gasteiger partial charge in [0, 0.05) is 7.05 Å². The molecule has 12 heavy (non-hydrogen) atoms. The molecule has 0 saturated carbocycles. The molecule has 0 amide bonds. The summed E-state index contributed by atoms with van der Waals surface area (Å²) in [6.45, 7) is 0. The quantitative estimate of drug-likeness (QED) is 0.615. The molecule has 0 spiro atoms. The van der Waals surface area contributed by atoms with Crippen molar-refractivity contribution in [3.05, 3.63) is 29.3 Å². The highest BCUT2D eigenvalue weighted by molar-refractivity contribution is 6.35. The fourth-order valence-electron chi connectivity index (χ4n) is 1.18. The zero-order chi connectivity index (χ0) is 8.72. The van der Waals surface area contributed by atoms with Gasteiger partial charge in [-0.3, -0.25) is 0 Å². The third kappa shape index (κ3) is 0.898. The molecule has 2 aromatic rings. The number of benzene rings is 1. The average molecular weight is 185 g/mol. The molecular formula is C8H6ClFN2. The van der Waals surface area contributed by atoms with Crippen molar-refractivity contribution >= 4 is 22.6 Å². The number of aryl methyl sites for hydroxylation is 1. The lowest BCUT2D eigenvalue weighted by atomic mass is 10.3. The molecule has 2 nitrogen and oxygen atoms in total. The van der Waals surface area contributed by atoms with E-state index in [1.54, 1.807) is 24.0 Å². The van der Waals surface area contributed by atoms with Gasteiger partial charge < -0.3 is 4.57 Å². The predicted octanol–water partition coefficient (Wildman–Crippen LogP) is 2.37. The Morgan fingerprint density at radius 1 is 1.50 bits per heavy atom. The Balaban J connectivity index is 2.96. The van der Waals surface area contributed by atoms with Gasteiger partial charge in [0.15, 0.2) is 0 Å². The molecule has 0 aliphatic rings. The standard InChI is InChI=1S/C8H6ClFN2/c1-12-4-11-6-3-2-5(10)7(9)8(6)12/h2-4H,1H3. The van der Waals surface area contributed by atoms with Gasteiger partial charge in [-0.1, -0.05) is 11.6 Å². The van der Waals surface area contributed by atoms with Crippen LogP contribution in [-0.2, 0) is 7.05 Å². The zero-order valence-corrected chi connectivity index (χ0v) is 7.14. The van der Waals surface area contributed by atoms with E-state index >= 15 is 0 Å². The van der Waals surface area contributed by atoms with Crippen molar-refractivity contribution in [2.45, 2.75) is 0 Å². The minimum Gasteiger partial charge on any atom is -0.332 e.